The number of hydrogen-bond donors (Lipinski definition) is 1. The van der Waals surface area contributed by atoms with Gasteiger partial charge in [-0.15, -0.1) is 11.8 Å². The van der Waals surface area contributed by atoms with E-state index in [0.29, 0.717) is 5.56 Å². The van der Waals surface area contributed by atoms with Crippen molar-refractivity contribution in [2.75, 3.05) is 6.26 Å². The van der Waals surface area contributed by atoms with E-state index in [1.165, 1.54) is 11.8 Å². The number of nitrogens with zero attached hydrogens (tertiary/aromatic N) is 3. The summed E-state index contributed by atoms with van der Waals surface area (Å²) in [5, 5.41) is 17.1. The van der Waals surface area contributed by atoms with Gasteiger partial charge in [0.2, 0.25) is 0 Å². The lowest BCUT2D eigenvalue weighted by Crippen LogP contribution is -2.70. The summed E-state index contributed by atoms with van der Waals surface area (Å²) in [6, 6.07) is 27.4. The van der Waals surface area contributed by atoms with E-state index in [9.17, 15) is 15.4 Å². The Kier molecular flexibility index (Phi) is 9.17. The van der Waals surface area contributed by atoms with Crippen molar-refractivity contribution in [2.24, 2.45) is 5.11 Å². The summed E-state index contributed by atoms with van der Waals surface area (Å²) in [6.45, 7) is 6.36. The monoisotopic (exact) mass is 563 g/mol. The van der Waals surface area contributed by atoms with Crippen molar-refractivity contribution in [3.8, 4) is 0 Å². The Morgan fingerprint density at radius 1 is 0.974 bits per heavy atom. The largest absolute Gasteiger partial charge is 0.455 e. The molecule has 0 radical (unpaired) electrons. The van der Waals surface area contributed by atoms with E-state index < -0.39 is 44.3 Å². The molecule has 0 saturated carbocycles. The fraction of sp³-hybridized carbons (Fsp3) is 0.345. The maximum absolute atomic E-state index is 12.9. The topological polar surface area (TPSA) is 114 Å². The van der Waals surface area contributed by atoms with Crippen molar-refractivity contribution in [1.29, 1.82) is 0 Å². The predicted molar refractivity (Wildman–Crippen MR) is 155 cm³/mol. The Morgan fingerprint density at radius 2 is 1.49 bits per heavy atom. The smallest absolute Gasteiger partial charge is 0.338 e. The molecular formula is C29H33N3O5SSi. The lowest BCUT2D eigenvalue weighted by atomic mass is 10.0. The first-order valence-corrected chi connectivity index (χ1v) is 15.9. The van der Waals surface area contributed by atoms with Crippen LogP contribution >= 0.6 is 11.8 Å². The van der Waals surface area contributed by atoms with Crippen LogP contribution in [0.25, 0.3) is 10.4 Å². The van der Waals surface area contributed by atoms with Crippen LogP contribution < -0.4 is 10.4 Å². The average Bonchev–Trinajstić information content (AvgIpc) is 2.95. The first-order valence-electron chi connectivity index (χ1n) is 12.7. The number of esters is 1. The molecule has 1 unspecified atom stereocenters. The number of carbonyl (C=O) groups excluding carboxylic acids is 1. The summed E-state index contributed by atoms with van der Waals surface area (Å²) in [6.07, 6.45) is -1.76. The highest BCUT2D eigenvalue weighted by atomic mass is 32.2. The Hall–Kier alpha value is -3.11. The summed E-state index contributed by atoms with van der Waals surface area (Å²) >= 11 is 1.29. The molecule has 10 heteroatoms. The first kappa shape index (κ1) is 28.9. The van der Waals surface area contributed by atoms with Gasteiger partial charge in [-0.1, -0.05) is 105 Å². The number of thioether (sulfide) groups is 1. The molecule has 1 heterocycles. The number of aliphatic hydroxyl groups excluding tert-OH is 1. The zero-order valence-electron chi connectivity index (χ0n) is 22.4. The van der Waals surface area contributed by atoms with Crippen LogP contribution in [0.15, 0.2) is 96.1 Å². The number of benzene rings is 3. The maximum atomic E-state index is 12.9. The van der Waals surface area contributed by atoms with Crippen LogP contribution in [0.2, 0.25) is 5.04 Å². The minimum atomic E-state index is -3.12. The van der Waals surface area contributed by atoms with E-state index in [2.05, 4.69) is 30.8 Å². The van der Waals surface area contributed by atoms with E-state index >= 15 is 0 Å². The van der Waals surface area contributed by atoms with Gasteiger partial charge in [0.1, 0.15) is 23.7 Å². The van der Waals surface area contributed by atoms with Crippen LogP contribution in [0.1, 0.15) is 31.1 Å². The summed E-state index contributed by atoms with van der Waals surface area (Å²) in [7, 11) is -3.12. The Morgan fingerprint density at radius 3 is 1.95 bits per heavy atom. The zero-order chi connectivity index (χ0) is 28.0. The van der Waals surface area contributed by atoms with E-state index in [0.717, 1.165) is 10.4 Å². The normalized spacial score (nSPS) is 23.5. The molecule has 8 nitrogen and oxygen atoms in total. The third kappa shape index (κ3) is 5.91. The van der Waals surface area contributed by atoms with Gasteiger partial charge in [0, 0.05) is 4.91 Å². The Bertz CT molecular complexity index is 1250. The van der Waals surface area contributed by atoms with Gasteiger partial charge in [0.25, 0.3) is 8.32 Å². The minimum Gasteiger partial charge on any atom is -0.455 e. The molecule has 3 aromatic rings. The SMILES string of the molecule is CS[C@@H]1OC(O[Si](c2ccccc2)(c2ccccc2)C(C)(C)C)[C@@H](O)[C@@H](N=[N+]=[N-])[C@H]1OC(=O)c1ccccc1. The molecule has 1 saturated heterocycles. The third-order valence-electron chi connectivity index (χ3n) is 6.88. The summed E-state index contributed by atoms with van der Waals surface area (Å²) in [4.78, 5) is 15.9. The molecule has 1 N–H and O–H groups in total. The van der Waals surface area contributed by atoms with E-state index in [-0.39, 0.29) is 5.04 Å². The predicted octanol–water partition coefficient (Wildman–Crippen LogP) is 4.87. The lowest BCUT2D eigenvalue weighted by molar-refractivity contribution is -0.221. The fourth-order valence-corrected chi connectivity index (χ4v) is 10.3. The van der Waals surface area contributed by atoms with Gasteiger partial charge >= 0.3 is 5.97 Å². The molecule has 1 aliphatic heterocycles. The minimum absolute atomic E-state index is 0.345. The second kappa shape index (κ2) is 12.4. The van der Waals surface area contributed by atoms with Gasteiger partial charge in [-0.3, -0.25) is 0 Å². The van der Waals surface area contributed by atoms with Crippen LogP contribution in [-0.2, 0) is 13.9 Å². The highest BCUT2D eigenvalue weighted by Gasteiger charge is 2.56. The number of azide groups is 1. The van der Waals surface area contributed by atoms with Gasteiger partial charge < -0.3 is 19.0 Å². The third-order valence-corrected chi connectivity index (χ3v) is 12.7. The standard InChI is InChI=1S/C29H33N3O5SSi/c1-29(2,3)39(21-16-10-6-11-17-21,22-18-12-7-13-19-22)37-27-24(33)23(31-32-30)25(28(36-27)38-4)35-26(34)20-14-8-5-9-15-20/h5-19,23-25,27-28,33H,1-4H3/t23-,24+,25-,27?,28+/m1/s1. The van der Waals surface area contributed by atoms with E-state index in [1.807, 2.05) is 60.7 Å². The molecule has 4 rings (SSSR count). The van der Waals surface area contributed by atoms with E-state index in [4.69, 9.17) is 13.9 Å². The number of rotatable bonds is 8. The molecule has 39 heavy (non-hydrogen) atoms. The van der Waals surface area contributed by atoms with Crippen LogP contribution in [-0.4, -0.2) is 55.6 Å². The molecule has 3 aromatic carbocycles. The van der Waals surface area contributed by atoms with Crippen LogP contribution in [0.3, 0.4) is 0 Å². The number of ether oxygens (including phenoxy) is 2. The Balaban J connectivity index is 1.75. The second-order valence-corrected chi connectivity index (χ2v) is 15.5. The Labute approximate surface area is 234 Å². The molecule has 204 valence electrons. The van der Waals surface area contributed by atoms with Crippen molar-refractivity contribution in [3.63, 3.8) is 0 Å². The average molecular weight is 564 g/mol. The van der Waals surface area contributed by atoms with Gasteiger partial charge in [-0.2, -0.15) is 0 Å². The van der Waals surface area contributed by atoms with Crippen LogP contribution in [0.5, 0.6) is 0 Å². The highest BCUT2D eigenvalue weighted by molar-refractivity contribution is 7.99. The maximum Gasteiger partial charge on any atom is 0.338 e. The zero-order valence-corrected chi connectivity index (χ0v) is 24.2. The summed E-state index contributed by atoms with van der Waals surface area (Å²) in [5.41, 5.74) is 8.99. The molecular weight excluding hydrogens is 530 g/mol. The molecule has 1 fully saturated rings. The molecule has 5 atom stereocenters. The van der Waals surface area contributed by atoms with Crippen LogP contribution in [0, 0.1) is 0 Å². The van der Waals surface area contributed by atoms with Crippen molar-refractivity contribution in [3.05, 3.63) is 107 Å². The number of aliphatic hydroxyl groups is 1. The van der Waals surface area contributed by atoms with E-state index in [1.54, 1.807) is 36.6 Å². The van der Waals surface area contributed by atoms with Gasteiger partial charge in [-0.25, -0.2) is 4.79 Å². The molecule has 1 aliphatic rings. The fourth-order valence-electron chi connectivity index (χ4n) is 5.04. The van der Waals surface area contributed by atoms with Gasteiger partial charge in [0.05, 0.1) is 5.56 Å². The molecule has 0 aromatic heterocycles. The molecule has 0 bridgehead atoms. The summed E-state index contributed by atoms with van der Waals surface area (Å²) in [5.74, 6) is -0.597. The van der Waals surface area contributed by atoms with Crippen LogP contribution in [0.4, 0.5) is 0 Å². The molecule has 0 aliphatic carbocycles. The van der Waals surface area contributed by atoms with Crippen molar-refractivity contribution in [2.45, 2.75) is 55.8 Å². The van der Waals surface area contributed by atoms with Crippen molar-refractivity contribution < 1.29 is 23.8 Å². The lowest BCUT2D eigenvalue weighted by Gasteiger charge is -2.49. The number of carbonyl (C=O) groups is 1. The van der Waals surface area contributed by atoms with Gasteiger partial charge in [-0.05, 0) is 39.3 Å². The van der Waals surface area contributed by atoms with Crippen molar-refractivity contribution >= 4 is 36.4 Å². The highest BCUT2D eigenvalue weighted by Crippen LogP contribution is 2.40. The molecule has 0 spiro atoms. The number of hydrogen-bond acceptors (Lipinski definition) is 7. The van der Waals surface area contributed by atoms with Gasteiger partial charge in [0.15, 0.2) is 6.29 Å². The van der Waals surface area contributed by atoms with Crippen molar-refractivity contribution in [1.82, 2.24) is 0 Å². The second-order valence-electron chi connectivity index (χ2n) is 10.3. The first-order chi connectivity index (χ1) is 18.7. The summed E-state index contributed by atoms with van der Waals surface area (Å²) < 4.78 is 19.1. The molecule has 0 amide bonds. The quantitative estimate of drug-likeness (QED) is 0.137.